The third-order valence-corrected chi connectivity index (χ3v) is 4.01. The topological polar surface area (TPSA) is 33.5 Å². The first-order valence-corrected chi connectivity index (χ1v) is 8.13. The van der Waals surface area contributed by atoms with Crippen LogP contribution in [0.1, 0.15) is 27.8 Å². The van der Waals surface area contributed by atoms with Crippen LogP contribution < -0.4 is 10.2 Å². The molecule has 3 nitrogen and oxygen atoms in total. The maximum absolute atomic E-state index is 12.1. The van der Waals surface area contributed by atoms with Crippen molar-refractivity contribution in [1.29, 1.82) is 0 Å². The van der Waals surface area contributed by atoms with Crippen molar-refractivity contribution in [3.63, 3.8) is 0 Å². The molecule has 0 atom stereocenters. The first-order valence-electron chi connectivity index (χ1n) is 8.13. The monoisotopic (exact) mass is 311 g/mol. The van der Waals surface area contributed by atoms with E-state index < -0.39 is 0 Å². The fourth-order valence-electron chi connectivity index (χ4n) is 2.55. The second kappa shape index (κ2) is 7.93. The van der Waals surface area contributed by atoms with Gasteiger partial charge < -0.3 is 10.2 Å². The summed E-state index contributed by atoms with van der Waals surface area (Å²) in [5, 5.41) is 3.00. The average molecular weight is 311 g/mol. The first kappa shape index (κ1) is 17.2. The van der Waals surface area contributed by atoms with Gasteiger partial charge in [-0.1, -0.05) is 42.5 Å². The van der Waals surface area contributed by atoms with E-state index in [0.717, 1.165) is 17.7 Å². The van der Waals surface area contributed by atoms with E-state index in [1.54, 1.807) is 0 Å². The first-order chi connectivity index (χ1) is 10.9. The molecule has 23 heavy (non-hydrogen) atoms. The molecule has 0 heterocycles. The number of carbonyl (C=O) groups excluding carboxylic acids is 1. The number of carbonyl (C=O) groups is 1. The van der Waals surface area contributed by atoms with Crippen LogP contribution in [0.3, 0.4) is 0 Å². The molecule has 0 aliphatic heterocycles. The molecule has 0 fully saturated rings. The molecule has 0 aliphatic rings. The highest BCUT2D eigenvalue weighted by molar-refractivity contribution is 5.78. The van der Waals surface area contributed by atoms with E-state index >= 15 is 0 Å². The van der Waals surface area contributed by atoms with Crippen molar-refractivity contribution >= 4 is 5.91 Å². The predicted molar refractivity (Wildman–Crippen MR) is 94.4 cm³/mol. The van der Waals surface area contributed by atoms with Crippen molar-refractivity contribution in [3.8, 4) is 0 Å². The number of benzene rings is 2. The van der Waals surface area contributed by atoms with Crippen LogP contribution in [-0.2, 0) is 24.3 Å². The molecule has 0 radical (unpaired) electrons. The summed E-state index contributed by atoms with van der Waals surface area (Å²) >= 11 is 0. The zero-order chi connectivity index (χ0) is 16.8. The lowest BCUT2D eigenvalue weighted by Crippen LogP contribution is -3.04. The lowest BCUT2D eigenvalue weighted by Gasteiger charge is -2.09. The van der Waals surface area contributed by atoms with Gasteiger partial charge in [-0.05, 0) is 36.1 Å². The summed E-state index contributed by atoms with van der Waals surface area (Å²) in [4.78, 5) is 13.5. The van der Waals surface area contributed by atoms with Gasteiger partial charge >= 0.3 is 0 Å². The summed E-state index contributed by atoms with van der Waals surface area (Å²) in [5.41, 5.74) is 6.00. The van der Waals surface area contributed by atoms with E-state index in [1.165, 1.54) is 21.6 Å². The zero-order valence-corrected chi connectivity index (χ0v) is 14.6. The Kier molecular flexibility index (Phi) is 5.94. The van der Waals surface area contributed by atoms with Crippen LogP contribution in [0.2, 0.25) is 0 Å². The number of quaternary nitrogens is 1. The fraction of sp³-hybridized carbons (Fsp3) is 0.350. The second-order valence-corrected chi connectivity index (χ2v) is 6.57. The molecule has 0 aliphatic carbocycles. The minimum Gasteiger partial charge on any atom is -0.352 e. The molecule has 2 N–H and O–H groups in total. The Bertz CT molecular complexity index is 660. The van der Waals surface area contributed by atoms with Crippen molar-refractivity contribution in [2.24, 2.45) is 0 Å². The highest BCUT2D eigenvalue weighted by Crippen LogP contribution is 2.10. The molecule has 2 aromatic rings. The standard InChI is InChI=1S/C20H26N2O/c1-15-5-6-19(11-16(15)2)12-20(23)21-13-17-7-9-18(10-8-17)14-22(3)4/h5-11H,12-14H2,1-4H3,(H,21,23)/p+1. The lowest BCUT2D eigenvalue weighted by molar-refractivity contribution is -0.872. The summed E-state index contributed by atoms with van der Waals surface area (Å²) in [5.74, 6) is 0.0649. The number of rotatable bonds is 6. The number of hydrogen-bond donors (Lipinski definition) is 2. The van der Waals surface area contributed by atoms with Crippen molar-refractivity contribution < 1.29 is 9.69 Å². The Morgan fingerprint density at radius 2 is 1.52 bits per heavy atom. The number of amides is 1. The molecule has 2 aromatic carbocycles. The minimum absolute atomic E-state index is 0.0649. The molecule has 0 saturated heterocycles. The molecule has 122 valence electrons. The molecular formula is C20H27N2O+. The summed E-state index contributed by atoms with van der Waals surface area (Å²) in [6, 6.07) is 14.6. The van der Waals surface area contributed by atoms with Gasteiger partial charge in [-0.3, -0.25) is 4.79 Å². The van der Waals surface area contributed by atoms with Crippen LogP contribution in [0.15, 0.2) is 42.5 Å². The fourth-order valence-corrected chi connectivity index (χ4v) is 2.55. The molecule has 0 unspecified atom stereocenters. The largest absolute Gasteiger partial charge is 0.352 e. The number of aryl methyl sites for hydroxylation is 2. The quantitative estimate of drug-likeness (QED) is 0.838. The van der Waals surface area contributed by atoms with Crippen molar-refractivity contribution in [2.45, 2.75) is 33.4 Å². The Balaban J connectivity index is 1.85. The number of hydrogen-bond acceptors (Lipinski definition) is 1. The Morgan fingerprint density at radius 1 is 0.913 bits per heavy atom. The maximum Gasteiger partial charge on any atom is 0.224 e. The smallest absolute Gasteiger partial charge is 0.224 e. The molecule has 0 spiro atoms. The molecule has 3 heteroatoms. The third-order valence-electron chi connectivity index (χ3n) is 4.01. The highest BCUT2D eigenvalue weighted by atomic mass is 16.1. The van der Waals surface area contributed by atoms with E-state index in [1.807, 2.05) is 6.07 Å². The van der Waals surface area contributed by atoms with Crippen LogP contribution >= 0.6 is 0 Å². The molecule has 0 saturated carbocycles. The van der Waals surface area contributed by atoms with Gasteiger partial charge in [-0.2, -0.15) is 0 Å². The molecule has 2 rings (SSSR count). The SMILES string of the molecule is Cc1ccc(CC(=O)NCc2ccc(C[NH+](C)C)cc2)cc1C. The van der Waals surface area contributed by atoms with E-state index in [2.05, 4.69) is 69.7 Å². The van der Waals surface area contributed by atoms with Gasteiger partial charge in [0.2, 0.25) is 5.91 Å². The van der Waals surface area contributed by atoms with E-state index in [-0.39, 0.29) is 5.91 Å². The third kappa shape index (κ3) is 5.53. The Hall–Kier alpha value is -2.13. The van der Waals surface area contributed by atoms with Crippen molar-refractivity contribution in [2.75, 3.05) is 14.1 Å². The van der Waals surface area contributed by atoms with E-state index in [9.17, 15) is 4.79 Å². The van der Waals surface area contributed by atoms with Crippen LogP contribution in [-0.4, -0.2) is 20.0 Å². The summed E-state index contributed by atoms with van der Waals surface area (Å²) < 4.78 is 0. The maximum atomic E-state index is 12.1. The van der Waals surface area contributed by atoms with E-state index in [4.69, 9.17) is 0 Å². The van der Waals surface area contributed by atoms with Gasteiger partial charge in [0, 0.05) is 12.1 Å². The van der Waals surface area contributed by atoms with Gasteiger partial charge in [0.05, 0.1) is 20.5 Å². The average Bonchev–Trinajstić information content (AvgIpc) is 2.50. The minimum atomic E-state index is 0.0649. The van der Waals surface area contributed by atoms with Crippen LogP contribution in [0, 0.1) is 13.8 Å². The lowest BCUT2D eigenvalue weighted by atomic mass is 10.0. The van der Waals surface area contributed by atoms with E-state index in [0.29, 0.717) is 13.0 Å². The van der Waals surface area contributed by atoms with Crippen molar-refractivity contribution in [1.82, 2.24) is 5.32 Å². The summed E-state index contributed by atoms with van der Waals surface area (Å²) in [7, 11) is 4.28. The summed E-state index contributed by atoms with van der Waals surface area (Å²) in [6.07, 6.45) is 0.434. The van der Waals surface area contributed by atoms with Gasteiger partial charge in [0.15, 0.2) is 0 Å². The highest BCUT2D eigenvalue weighted by Gasteiger charge is 2.05. The van der Waals surface area contributed by atoms with Crippen LogP contribution in [0.25, 0.3) is 0 Å². The Morgan fingerprint density at radius 3 is 2.13 bits per heavy atom. The molecule has 0 bridgehead atoms. The van der Waals surface area contributed by atoms with Gasteiger partial charge in [0.25, 0.3) is 0 Å². The Labute approximate surface area is 139 Å². The summed E-state index contributed by atoms with van der Waals surface area (Å²) in [6.45, 7) is 5.76. The number of nitrogens with one attached hydrogen (secondary N) is 2. The van der Waals surface area contributed by atoms with Crippen molar-refractivity contribution in [3.05, 3.63) is 70.3 Å². The van der Waals surface area contributed by atoms with Crippen LogP contribution in [0.5, 0.6) is 0 Å². The molecular weight excluding hydrogens is 284 g/mol. The van der Waals surface area contributed by atoms with Gasteiger partial charge in [-0.15, -0.1) is 0 Å². The predicted octanol–water partition coefficient (Wildman–Crippen LogP) is 1.81. The molecule has 0 aromatic heterocycles. The molecule has 1 amide bonds. The van der Waals surface area contributed by atoms with Crippen LogP contribution in [0.4, 0.5) is 0 Å². The zero-order valence-electron chi connectivity index (χ0n) is 14.6. The van der Waals surface area contributed by atoms with Gasteiger partial charge in [0.1, 0.15) is 6.54 Å². The normalized spacial score (nSPS) is 10.8. The second-order valence-electron chi connectivity index (χ2n) is 6.57. The van der Waals surface area contributed by atoms with Gasteiger partial charge in [-0.25, -0.2) is 0 Å².